The Kier molecular flexibility index (Phi) is 4.28. The molecule has 1 aromatic carbocycles. The minimum atomic E-state index is -0.603. The zero-order valence-electron chi connectivity index (χ0n) is 12.2. The normalized spacial score (nSPS) is 16.1. The maximum Gasteiger partial charge on any atom is 0.316 e. The van der Waals surface area contributed by atoms with Gasteiger partial charge in [-0.1, -0.05) is 0 Å². The van der Waals surface area contributed by atoms with Crippen molar-refractivity contribution in [2.24, 2.45) is 5.41 Å². The number of benzene rings is 1. The van der Waals surface area contributed by atoms with Gasteiger partial charge in [-0.05, 0) is 32.9 Å². The van der Waals surface area contributed by atoms with E-state index < -0.39 is 5.41 Å². The number of hydrogen-bond donors (Lipinski definition) is 1. The summed E-state index contributed by atoms with van der Waals surface area (Å²) in [5, 5.41) is 3.22. The van der Waals surface area contributed by atoms with Gasteiger partial charge in [-0.15, -0.1) is 0 Å². The van der Waals surface area contributed by atoms with E-state index in [1.807, 2.05) is 4.90 Å². The highest BCUT2D eigenvalue weighted by atomic mass is 19.1. The number of nitrogens with zero attached hydrogens (tertiary/aromatic N) is 1. The summed E-state index contributed by atoms with van der Waals surface area (Å²) in [5.74, 6) is -0.473. The van der Waals surface area contributed by atoms with Gasteiger partial charge in [0.15, 0.2) is 0 Å². The number of halogens is 1. The molecular formula is C15H21FN2O2. The second-order valence-corrected chi connectivity index (χ2v) is 5.99. The van der Waals surface area contributed by atoms with Gasteiger partial charge in [0.05, 0.1) is 11.1 Å². The summed E-state index contributed by atoms with van der Waals surface area (Å²) >= 11 is 0. The Bertz CT molecular complexity index is 491. The third-order valence-corrected chi connectivity index (χ3v) is 3.20. The van der Waals surface area contributed by atoms with Crippen molar-refractivity contribution in [3.63, 3.8) is 0 Å². The van der Waals surface area contributed by atoms with Crippen molar-refractivity contribution in [3.8, 4) is 5.75 Å². The lowest BCUT2D eigenvalue weighted by atomic mass is 9.97. The highest BCUT2D eigenvalue weighted by Crippen LogP contribution is 2.26. The number of carbonyl (C=O) groups is 1. The van der Waals surface area contributed by atoms with E-state index in [4.69, 9.17) is 4.74 Å². The Labute approximate surface area is 118 Å². The van der Waals surface area contributed by atoms with E-state index >= 15 is 0 Å². The Balaban J connectivity index is 2.11. The van der Waals surface area contributed by atoms with Crippen molar-refractivity contribution in [1.82, 2.24) is 5.32 Å². The molecule has 110 valence electrons. The summed E-state index contributed by atoms with van der Waals surface area (Å²) < 4.78 is 19.3. The van der Waals surface area contributed by atoms with Crippen molar-refractivity contribution < 1.29 is 13.9 Å². The van der Waals surface area contributed by atoms with Crippen molar-refractivity contribution in [3.05, 3.63) is 24.0 Å². The second kappa shape index (κ2) is 5.79. The van der Waals surface area contributed by atoms with Crippen LogP contribution < -0.4 is 15.0 Å². The average Bonchev–Trinajstić information content (AvgIpc) is 2.38. The second-order valence-electron chi connectivity index (χ2n) is 5.99. The monoisotopic (exact) mass is 280 g/mol. The molecule has 1 fully saturated rings. The highest BCUT2D eigenvalue weighted by Gasteiger charge is 2.24. The van der Waals surface area contributed by atoms with Gasteiger partial charge in [-0.25, -0.2) is 4.39 Å². The molecule has 1 aliphatic rings. The van der Waals surface area contributed by atoms with E-state index in [1.54, 1.807) is 32.9 Å². The Morgan fingerprint density at radius 2 is 1.95 bits per heavy atom. The molecule has 0 bridgehead atoms. The highest BCUT2D eigenvalue weighted by molar-refractivity contribution is 5.78. The summed E-state index contributed by atoms with van der Waals surface area (Å²) in [6.45, 7) is 8.54. The number of carbonyl (C=O) groups excluding carboxylic acids is 1. The summed E-state index contributed by atoms with van der Waals surface area (Å²) in [6.07, 6.45) is 0. The zero-order valence-corrected chi connectivity index (χ0v) is 12.2. The molecule has 0 amide bonds. The van der Waals surface area contributed by atoms with Crippen molar-refractivity contribution >= 4 is 11.7 Å². The molecule has 0 radical (unpaired) electrons. The maximum atomic E-state index is 14.1. The van der Waals surface area contributed by atoms with Gasteiger partial charge in [-0.3, -0.25) is 4.79 Å². The molecule has 1 heterocycles. The fourth-order valence-electron chi connectivity index (χ4n) is 1.97. The van der Waals surface area contributed by atoms with Gasteiger partial charge in [0.2, 0.25) is 0 Å². The number of hydrogen-bond acceptors (Lipinski definition) is 4. The molecule has 0 atom stereocenters. The van der Waals surface area contributed by atoms with Crippen LogP contribution in [0.15, 0.2) is 18.2 Å². The number of anilines is 1. The largest absolute Gasteiger partial charge is 0.426 e. The van der Waals surface area contributed by atoms with Crippen LogP contribution in [0.1, 0.15) is 20.8 Å². The minimum absolute atomic E-state index is 0.251. The molecular weight excluding hydrogens is 259 g/mol. The first-order valence-electron chi connectivity index (χ1n) is 6.85. The maximum absolute atomic E-state index is 14.1. The lowest BCUT2D eigenvalue weighted by Gasteiger charge is -2.29. The van der Waals surface area contributed by atoms with Gasteiger partial charge >= 0.3 is 5.97 Å². The quantitative estimate of drug-likeness (QED) is 0.666. The fourth-order valence-corrected chi connectivity index (χ4v) is 1.97. The summed E-state index contributed by atoms with van der Waals surface area (Å²) in [5.41, 5.74) is -0.0460. The van der Waals surface area contributed by atoms with Crippen LogP contribution in [0.3, 0.4) is 0 Å². The lowest BCUT2D eigenvalue weighted by molar-refractivity contribution is -0.143. The van der Waals surface area contributed by atoms with E-state index in [9.17, 15) is 9.18 Å². The van der Waals surface area contributed by atoms with Crippen LogP contribution in [-0.2, 0) is 4.79 Å². The molecule has 1 aromatic rings. The van der Waals surface area contributed by atoms with Gasteiger partial charge in [0, 0.05) is 32.2 Å². The Morgan fingerprint density at radius 3 is 2.50 bits per heavy atom. The first-order chi connectivity index (χ1) is 9.38. The van der Waals surface area contributed by atoms with Crippen LogP contribution in [0.2, 0.25) is 0 Å². The van der Waals surface area contributed by atoms with E-state index in [0.29, 0.717) is 5.69 Å². The molecule has 0 aliphatic carbocycles. The van der Waals surface area contributed by atoms with Crippen LogP contribution in [0.5, 0.6) is 5.75 Å². The topological polar surface area (TPSA) is 41.6 Å². The molecule has 1 saturated heterocycles. The zero-order chi connectivity index (χ0) is 14.8. The van der Waals surface area contributed by atoms with Gasteiger partial charge in [0.25, 0.3) is 0 Å². The van der Waals surface area contributed by atoms with E-state index in [2.05, 4.69) is 5.32 Å². The predicted octanol–water partition coefficient (Wildman–Crippen LogP) is 2.19. The molecule has 0 spiro atoms. The average molecular weight is 280 g/mol. The van der Waals surface area contributed by atoms with Crippen LogP contribution in [0.4, 0.5) is 10.1 Å². The Hall–Kier alpha value is -1.62. The standard InChI is InChI=1S/C15H21FN2O2/c1-15(2,3)14(19)20-11-4-5-13(12(16)10-11)18-8-6-17-7-9-18/h4-5,10,17H,6-9H2,1-3H3. The SMILES string of the molecule is CC(C)(C)C(=O)Oc1ccc(N2CCNCC2)c(F)c1. The van der Waals surface area contributed by atoms with Crippen LogP contribution in [0, 0.1) is 11.2 Å². The predicted molar refractivity (Wildman–Crippen MR) is 76.6 cm³/mol. The summed E-state index contributed by atoms with van der Waals surface area (Å²) in [7, 11) is 0. The first kappa shape index (κ1) is 14.8. The van der Waals surface area contributed by atoms with Gasteiger partial charge in [0.1, 0.15) is 11.6 Å². The molecule has 4 nitrogen and oxygen atoms in total. The number of ether oxygens (including phenoxy) is 1. The molecule has 0 aromatic heterocycles. The smallest absolute Gasteiger partial charge is 0.316 e. The van der Waals surface area contributed by atoms with Crippen molar-refractivity contribution in [1.29, 1.82) is 0 Å². The molecule has 0 unspecified atom stereocenters. The van der Waals surface area contributed by atoms with Crippen LogP contribution >= 0.6 is 0 Å². The van der Waals surface area contributed by atoms with Crippen LogP contribution in [0.25, 0.3) is 0 Å². The molecule has 2 rings (SSSR count). The fraction of sp³-hybridized carbons (Fsp3) is 0.533. The molecule has 5 heteroatoms. The summed E-state index contributed by atoms with van der Waals surface area (Å²) in [6, 6.07) is 4.59. The first-order valence-corrected chi connectivity index (χ1v) is 6.85. The number of esters is 1. The third kappa shape index (κ3) is 3.48. The van der Waals surface area contributed by atoms with E-state index in [0.717, 1.165) is 26.2 Å². The minimum Gasteiger partial charge on any atom is -0.426 e. The Morgan fingerprint density at radius 1 is 1.30 bits per heavy atom. The number of piperazine rings is 1. The lowest BCUT2D eigenvalue weighted by Crippen LogP contribution is -2.43. The number of rotatable bonds is 2. The summed E-state index contributed by atoms with van der Waals surface area (Å²) in [4.78, 5) is 13.8. The molecule has 1 N–H and O–H groups in total. The molecule has 1 aliphatic heterocycles. The number of nitrogens with one attached hydrogen (secondary N) is 1. The van der Waals surface area contributed by atoms with E-state index in [-0.39, 0.29) is 17.5 Å². The molecule has 20 heavy (non-hydrogen) atoms. The van der Waals surface area contributed by atoms with Gasteiger partial charge in [-0.2, -0.15) is 0 Å². The van der Waals surface area contributed by atoms with Gasteiger partial charge < -0.3 is 15.0 Å². The van der Waals surface area contributed by atoms with Crippen molar-refractivity contribution in [2.75, 3.05) is 31.1 Å². The third-order valence-electron chi connectivity index (χ3n) is 3.20. The van der Waals surface area contributed by atoms with Crippen molar-refractivity contribution in [2.45, 2.75) is 20.8 Å². The molecule has 0 saturated carbocycles. The van der Waals surface area contributed by atoms with E-state index in [1.165, 1.54) is 6.07 Å². The van der Waals surface area contributed by atoms with Crippen LogP contribution in [-0.4, -0.2) is 32.1 Å².